The minimum Gasteiger partial charge on any atom is -0.338 e. The highest BCUT2D eigenvalue weighted by Gasteiger charge is 2.34. The first-order valence-electron chi connectivity index (χ1n) is 7.64. The molecule has 0 radical (unpaired) electrons. The molecule has 1 N–H and O–H groups in total. The van der Waals surface area contributed by atoms with Crippen molar-refractivity contribution in [3.8, 4) is 0 Å². The van der Waals surface area contributed by atoms with Crippen molar-refractivity contribution in [1.82, 2.24) is 10.2 Å². The van der Waals surface area contributed by atoms with Crippen LogP contribution in [0.15, 0.2) is 0 Å². The summed E-state index contributed by atoms with van der Waals surface area (Å²) in [6.07, 6.45) is 7.16. The first kappa shape index (κ1) is 13.9. The summed E-state index contributed by atoms with van der Waals surface area (Å²) in [4.78, 5) is 14.7. The lowest BCUT2D eigenvalue weighted by Gasteiger charge is -2.41. The standard InChI is InChI=1S/C15H28N2O/c1-11(2)16-14-5-4-10-17(15(14)18)13-8-6-12(3)7-9-13/h11-14,16H,4-10H2,1-3H3. The average molecular weight is 252 g/mol. The van der Waals surface area contributed by atoms with Crippen molar-refractivity contribution < 1.29 is 4.79 Å². The fraction of sp³-hybridized carbons (Fsp3) is 0.933. The lowest BCUT2D eigenvalue weighted by Crippen LogP contribution is -2.55. The number of carbonyl (C=O) groups excluding carboxylic acids is 1. The minimum atomic E-state index is 0.0677. The van der Waals surface area contributed by atoms with E-state index in [2.05, 4.69) is 31.0 Å². The molecule has 1 saturated carbocycles. The molecule has 0 bridgehead atoms. The van der Waals surface area contributed by atoms with Crippen molar-refractivity contribution in [1.29, 1.82) is 0 Å². The van der Waals surface area contributed by atoms with Gasteiger partial charge < -0.3 is 10.2 Å². The van der Waals surface area contributed by atoms with E-state index >= 15 is 0 Å². The number of hydrogen-bond acceptors (Lipinski definition) is 2. The van der Waals surface area contributed by atoms with E-state index in [1.165, 1.54) is 25.7 Å². The predicted molar refractivity (Wildman–Crippen MR) is 74.4 cm³/mol. The van der Waals surface area contributed by atoms with Crippen LogP contribution >= 0.6 is 0 Å². The zero-order chi connectivity index (χ0) is 13.1. The first-order chi connectivity index (χ1) is 8.58. The second-order valence-corrected chi connectivity index (χ2v) is 6.46. The number of rotatable bonds is 3. The Labute approximate surface area is 111 Å². The van der Waals surface area contributed by atoms with Gasteiger partial charge in [-0.15, -0.1) is 0 Å². The molecule has 2 aliphatic rings. The summed E-state index contributed by atoms with van der Waals surface area (Å²) in [5.41, 5.74) is 0. The molecule has 1 heterocycles. The summed E-state index contributed by atoms with van der Waals surface area (Å²) >= 11 is 0. The smallest absolute Gasteiger partial charge is 0.239 e. The van der Waals surface area contributed by atoms with Gasteiger partial charge in [0.05, 0.1) is 6.04 Å². The molecule has 0 spiro atoms. The molecule has 2 rings (SSSR count). The van der Waals surface area contributed by atoms with Crippen molar-refractivity contribution >= 4 is 5.91 Å². The van der Waals surface area contributed by atoms with Crippen molar-refractivity contribution in [2.75, 3.05) is 6.54 Å². The number of nitrogens with one attached hydrogen (secondary N) is 1. The molecular formula is C15H28N2O. The van der Waals surface area contributed by atoms with Gasteiger partial charge >= 0.3 is 0 Å². The van der Waals surface area contributed by atoms with E-state index in [9.17, 15) is 4.79 Å². The Hall–Kier alpha value is -0.570. The van der Waals surface area contributed by atoms with Crippen molar-refractivity contribution in [3.63, 3.8) is 0 Å². The molecule has 18 heavy (non-hydrogen) atoms. The Morgan fingerprint density at radius 3 is 2.44 bits per heavy atom. The maximum absolute atomic E-state index is 12.5. The Kier molecular flexibility index (Phi) is 4.66. The fourth-order valence-corrected chi connectivity index (χ4v) is 3.37. The summed E-state index contributed by atoms with van der Waals surface area (Å²) in [5.74, 6) is 1.21. The monoisotopic (exact) mass is 252 g/mol. The van der Waals surface area contributed by atoms with E-state index in [0.717, 1.165) is 25.3 Å². The van der Waals surface area contributed by atoms with Gasteiger partial charge in [-0.25, -0.2) is 0 Å². The largest absolute Gasteiger partial charge is 0.338 e. The maximum Gasteiger partial charge on any atom is 0.239 e. The molecule has 1 unspecified atom stereocenters. The van der Waals surface area contributed by atoms with Gasteiger partial charge in [0.25, 0.3) is 0 Å². The van der Waals surface area contributed by atoms with Crippen LogP contribution in [-0.2, 0) is 4.79 Å². The van der Waals surface area contributed by atoms with E-state index < -0.39 is 0 Å². The number of carbonyl (C=O) groups is 1. The molecule has 1 atom stereocenters. The van der Waals surface area contributed by atoms with Crippen LogP contribution in [0.25, 0.3) is 0 Å². The highest BCUT2D eigenvalue weighted by molar-refractivity contribution is 5.83. The molecule has 0 aromatic heterocycles. The molecule has 1 amide bonds. The summed E-state index contributed by atoms with van der Waals surface area (Å²) in [7, 11) is 0. The fourth-order valence-electron chi connectivity index (χ4n) is 3.37. The molecule has 3 heteroatoms. The van der Waals surface area contributed by atoms with Gasteiger partial charge in [0.1, 0.15) is 0 Å². The van der Waals surface area contributed by atoms with Gasteiger partial charge in [-0.05, 0) is 44.4 Å². The van der Waals surface area contributed by atoms with Crippen LogP contribution in [0.1, 0.15) is 59.3 Å². The molecule has 0 aromatic rings. The Morgan fingerprint density at radius 2 is 1.83 bits per heavy atom. The number of hydrogen-bond donors (Lipinski definition) is 1. The predicted octanol–water partition coefficient (Wildman–Crippen LogP) is 2.55. The lowest BCUT2D eigenvalue weighted by atomic mass is 9.85. The summed E-state index contributed by atoms with van der Waals surface area (Å²) in [5, 5.41) is 3.42. The van der Waals surface area contributed by atoms with E-state index in [1.54, 1.807) is 0 Å². The van der Waals surface area contributed by atoms with Crippen molar-refractivity contribution in [2.45, 2.75) is 77.4 Å². The van der Waals surface area contributed by atoms with Gasteiger partial charge in [-0.1, -0.05) is 20.8 Å². The SMILES string of the molecule is CC1CCC(N2CCCC(NC(C)C)C2=O)CC1. The number of amides is 1. The highest BCUT2D eigenvalue weighted by Crippen LogP contribution is 2.29. The Morgan fingerprint density at radius 1 is 1.17 bits per heavy atom. The molecule has 1 aliphatic carbocycles. The highest BCUT2D eigenvalue weighted by atomic mass is 16.2. The van der Waals surface area contributed by atoms with Crippen molar-refractivity contribution in [3.05, 3.63) is 0 Å². The maximum atomic E-state index is 12.5. The molecule has 3 nitrogen and oxygen atoms in total. The van der Waals surface area contributed by atoms with E-state index in [1.807, 2.05) is 0 Å². The van der Waals surface area contributed by atoms with Crippen molar-refractivity contribution in [2.24, 2.45) is 5.92 Å². The number of likely N-dealkylation sites (tertiary alicyclic amines) is 1. The number of nitrogens with zero attached hydrogens (tertiary/aromatic N) is 1. The van der Waals surface area contributed by atoms with Crippen LogP contribution in [0.5, 0.6) is 0 Å². The molecule has 104 valence electrons. The zero-order valence-electron chi connectivity index (χ0n) is 12.1. The van der Waals surface area contributed by atoms with Crippen LogP contribution in [0, 0.1) is 5.92 Å². The summed E-state index contributed by atoms with van der Waals surface area (Å²) in [6.45, 7) is 7.55. The topological polar surface area (TPSA) is 32.3 Å². The molecule has 1 aliphatic heterocycles. The summed E-state index contributed by atoms with van der Waals surface area (Å²) < 4.78 is 0. The molecular weight excluding hydrogens is 224 g/mol. The van der Waals surface area contributed by atoms with Crippen LogP contribution in [0.2, 0.25) is 0 Å². The Bertz CT molecular complexity index is 282. The van der Waals surface area contributed by atoms with Crippen LogP contribution < -0.4 is 5.32 Å². The Balaban J connectivity index is 1.93. The number of piperidine rings is 1. The van der Waals surface area contributed by atoms with E-state index in [-0.39, 0.29) is 6.04 Å². The van der Waals surface area contributed by atoms with E-state index in [0.29, 0.717) is 18.0 Å². The third kappa shape index (κ3) is 3.25. The van der Waals surface area contributed by atoms with Gasteiger partial charge in [0, 0.05) is 18.6 Å². The zero-order valence-corrected chi connectivity index (χ0v) is 12.1. The summed E-state index contributed by atoms with van der Waals surface area (Å²) in [6, 6.07) is 0.980. The third-order valence-electron chi connectivity index (χ3n) is 4.43. The molecule has 1 saturated heterocycles. The lowest BCUT2D eigenvalue weighted by molar-refractivity contribution is -0.139. The minimum absolute atomic E-state index is 0.0677. The van der Waals surface area contributed by atoms with Gasteiger partial charge in [-0.2, -0.15) is 0 Å². The quantitative estimate of drug-likeness (QED) is 0.837. The second kappa shape index (κ2) is 6.05. The van der Waals surface area contributed by atoms with Gasteiger partial charge in [0.2, 0.25) is 5.91 Å². The molecule has 0 aromatic carbocycles. The van der Waals surface area contributed by atoms with Crippen LogP contribution in [0.4, 0.5) is 0 Å². The normalized spacial score (nSPS) is 34.1. The average Bonchev–Trinajstić information content (AvgIpc) is 2.33. The first-order valence-corrected chi connectivity index (χ1v) is 7.64. The third-order valence-corrected chi connectivity index (χ3v) is 4.43. The van der Waals surface area contributed by atoms with Gasteiger partial charge in [0.15, 0.2) is 0 Å². The van der Waals surface area contributed by atoms with E-state index in [4.69, 9.17) is 0 Å². The van der Waals surface area contributed by atoms with Crippen LogP contribution in [-0.4, -0.2) is 35.5 Å². The second-order valence-electron chi connectivity index (χ2n) is 6.46. The van der Waals surface area contributed by atoms with Crippen LogP contribution in [0.3, 0.4) is 0 Å². The van der Waals surface area contributed by atoms with Gasteiger partial charge in [-0.3, -0.25) is 4.79 Å². The molecule has 2 fully saturated rings.